The third-order valence-corrected chi connectivity index (χ3v) is 2.75. The van der Waals surface area contributed by atoms with Crippen molar-refractivity contribution in [2.24, 2.45) is 0 Å². The number of rotatable bonds is 3. The Morgan fingerprint density at radius 2 is 1.71 bits per heavy atom. The van der Waals surface area contributed by atoms with Crippen molar-refractivity contribution in [2.45, 2.75) is 46.0 Å². The van der Waals surface area contributed by atoms with Crippen molar-refractivity contribution in [3.05, 3.63) is 41.8 Å². The van der Waals surface area contributed by atoms with E-state index in [1.54, 1.807) is 0 Å². The predicted octanol–water partition coefficient (Wildman–Crippen LogP) is 4.31. The van der Waals surface area contributed by atoms with Crippen molar-refractivity contribution < 1.29 is 0 Å². The second-order valence-corrected chi connectivity index (χ2v) is 4.32. The Balaban J connectivity index is 3.25. The van der Waals surface area contributed by atoms with Crippen LogP contribution in [0, 0.1) is 6.92 Å². The maximum Gasteiger partial charge on any atom is -0.0187 e. The lowest BCUT2D eigenvalue weighted by Crippen LogP contribution is -2.02. The number of benzene rings is 1. The summed E-state index contributed by atoms with van der Waals surface area (Å²) in [5.41, 5.74) is 4.41. The van der Waals surface area contributed by atoms with E-state index < -0.39 is 0 Å². The van der Waals surface area contributed by atoms with E-state index in [0.717, 1.165) is 6.42 Å². The molecular weight excluding hydrogens is 168 g/mol. The van der Waals surface area contributed by atoms with Gasteiger partial charge in [-0.25, -0.2) is 0 Å². The molecule has 0 heterocycles. The second kappa shape index (κ2) is 4.63. The maximum atomic E-state index is 4.12. The Hall–Kier alpha value is -0.780. The van der Waals surface area contributed by atoms with Gasteiger partial charge in [-0.3, -0.25) is 0 Å². The molecule has 0 amide bonds. The average molecular weight is 189 g/mol. The van der Waals surface area contributed by atoms with Gasteiger partial charge in [0.05, 0.1) is 0 Å². The molecule has 14 heavy (non-hydrogen) atoms. The van der Waals surface area contributed by atoms with Gasteiger partial charge in [0.15, 0.2) is 0 Å². The molecule has 1 rings (SSSR count). The molecule has 0 N–H and O–H groups in total. The number of hydrogen-bond donors (Lipinski definition) is 0. The highest BCUT2D eigenvalue weighted by atomic mass is 14.2. The van der Waals surface area contributed by atoms with Gasteiger partial charge in [0.2, 0.25) is 0 Å². The first-order valence-electron chi connectivity index (χ1n) is 5.52. The molecule has 1 aromatic rings. The molecule has 1 radical (unpaired) electrons. The summed E-state index contributed by atoms with van der Waals surface area (Å²) in [6.07, 6.45) is 1.11. The molecule has 1 aromatic carbocycles. The molecule has 1 unspecified atom stereocenters. The van der Waals surface area contributed by atoms with Crippen LogP contribution in [0.5, 0.6) is 0 Å². The van der Waals surface area contributed by atoms with Crippen LogP contribution in [-0.4, -0.2) is 0 Å². The fourth-order valence-electron chi connectivity index (χ4n) is 2.03. The van der Waals surface area contributed by atoms with E-state index in [2.05, 4.69) is 52.8 Å². The van der Waals surface area contributed by atoms with Gasteiger partial charge in [0.1, 0.15) is 0 Å². The highest BCUT2D eigenvalue weighted by molar-refractivity contribution is 5.39. The minimum Gasteiger partial charge on any atom is -0.0617 e. The van der Waals surface area contributed by atoms with Crippen molar-refractivity contribution in [1.82, 2.24) is 0 Å². The van der Waals surface area contributed by atoms with Gasteiger partial charge in [-0.05, 0) is 41.9 Å². The smallest absolute Gasteiger partial charge is 0.0187 e. The van der Waals surface area contributed by atoms with E-state index >= 15 is 0 Å². The van der Waals surface area contributed by atoms with Gasteiger partial charge < -0.3 is 0 Å². The molecule has 0 aliphatic heterocycles. The molecular formula is C14H21. The van der Waals surface area contributed by atoms with Crippen LogP contribution in [0.1, 0.15) is 56.2 Å². The molecule has 0 heteroatoms. The van der Waals surface area contributed by atoms with Crippen molar-refractivity contribution in [2.75, 3.05) is 0 Å². The molecule has 0 nitrogen and oxygen atoms in total. The molecule has 0 aromatic heterocycles. The van der Waals surface area contributed by atoms with Gasteiger partial charge in [-0.15, -0.1) is 0 Å². The molecule has 0 fully saturated rings. The van der Waals surface area contributed by atoms with E-state index in [1.807, 2.05) is 0 Å². The lowest BCUT2D eigenvalue weighted by Gasteiger charge is -2.18. The van der Waals surface area contributed by atoms with Crippen molar-refractivity contribution in [1.29, 1.82) is 0 Å². The highest BCUT2D eigenvalue weighted by Crippen LogP contribution is 2.27. The first-order valence-corrected chi connectivity index (χ1v) is 5.52. The molecule has 0 aliphatic carbocycles. The van der Waals surface area contributed by atoms with Crippen LogP contribution < -0.4 is 0 Å². The maximum absolute atomic E-state index is 4.12. The molecule has 0 saturated heterocycles. The monoisotopic (exact) mass is 189 g/mol. The van der Waals surface area contributed by atoms with E-state index in [0.29, 0.717) is 11.8 Å². The Morgan fingerprint density at radius 1 is 1.14 bits per heavy atom. The normalized spacial score (nSPS) is 11.4. The van der Waals surface area contributed by atoms with Crippen molar-refractivity contribution >= 4 is 0 Å². The van der Waals surface area contributed by atoms with E-state index in [4.69, 9.17) is 0 Å². The zero-order valence-electron chi connectivity index (χ0n) is 9.80. The first-order chi connectivity index (χ1) is 6.57. The summed E-state index contributed by atoms with van der Waals surface area (Å²) in [5.74, 6) is 1.01. The van der Waals surface area contributed by atoms with Crippen LogP contribution in [0.4, 0.5) is 0 Å². The van der Waals surface area contributed by atoms with Gasteiger partial charge >= 0.3 is 0 Å². The van der Waals surface area contributed by atoms with E-state index in [-0.39, 0.29) is 0 Å². The summed E-state index contributed by atoms with van der Waals surface area (Å²) in [6.45, 7) is 13.0. The average Bonchev–Trinajstić information content (AvgIpc) is 2.16. The zero-order valence-corrected chi connectivity index (χ0v) is 9.80. The molecule has 77 valence electrons. The fourth-order valence-corrected chi connectivity index (χ4v) is 2.03. The Kier molecular flexibility index (Phi) is 3.74. The standard InChI is InChI=1S/C14H21/c1-6-12-13(10(2)3)8-7-9-14(12)11(4)5/h7-11H,2,6H2,1,3-5H3. The van der Waals surface area contributed by atoms with Crippen LogP contribution in [0.2, 0.25) is 0 Å². The SMILES string of the molecule is [CH2]C(C)c1cccc(C(C)C)c1CC. The van der Waals surface area contributed by atoms with Gasteiger partial charge in [0.25, 0.3) is 0 Å². The van der Waals surface area contributed by atoms with Crippen molar-refractivity contribution in [3.63, 3.8) is 0 Å². The summed E-state index contributed by atoms with van der Waals surface area (Å²) in [6, 6.07) is 6.61. The molecule has 1 atom stereocenters. The summed E-state index contributed by atoms with van der Waals surface area (Å²) in [5, 5.41) is 0. The van der Waals surface area contributed by atoms with E-state index in [1.165, 1.54) is 16.7 Å². The molecule has 0 bridgehead atoms. The minimum atomic E-state index is 0.392. The summed E-state index contributed by atoms with van der Waals surface area (Å²) in [7, 11) is 0. The van der Waals surface area contributed by atoms with Crippen molar-refractivity contribution in [3.8, 4) is 0 Å². The zero-order chi connectivity index (χ0) is 10.7. The molecule has 0 saturated carbocycles. The van der Waals surface area contributed by atoms with Crippen LogP contribution in [0.3, 0.4) is 0 Å². The van der Waals surface area contributed by atoms with Crippen LogP contribution in [0.25, 0.3) is 0 Å². The number of hydrogen-bond acceptors (Lipinski definition) is 0. The Labute approximate surface area is 88.4 Å². The van der Waals surface area contributed by atoms with E-state index in [9.17, 15) is 0 Å². The third-order valence-electron chi connectivity index (χ3n) is 2.75. The molecule has 0 spiro atoms. The Morgan fingerprint density at radius 3 is 2.14 bits per heavy atom. The predicted molar refractivity (Wildman–Crippen MR) is 63.7 cm³/mol. The van der Waals surface area contributed by atoms with Gasteiger partial charge in [0, 0.05) is 0 Å². The first kappa shape index (κ1) is 11.3. The summed E-state index contributed by atoms with van der Waals surface area (Å²) in [4.78, 5) is 0. The van der Waals surface area contributed by atoms with Crippen LogP contribution in [-0.2, 0) is 6.42 Å². The van der Waals surface area contributed by atoms with Gasteiger partial charge in [-0.2, -0.15) is 0 Å². The van der Waals surface area contributed by atoms with Crippen LogP contribution >= 0.6 is 0 Å². The fraction of sp³-hybridized carbons (Fsp3) is 0.500. The lowest BCUT2D eigenvalue weighted by molar-refractivity contribution is 0.823. The molecule has 0 aliphatic rings. The lowest BCUT2D eigenvalue weighted by atomic mass is 9.87. The quantitative estimate of drug-likeness (QED) is 0.664. The summed E-state index contributed by atoms with van der Waals surface area (Å²) < 4.78 is 0. The minimum absolute atomic E-state index is 0.392. The largest absolute Gasteiger partial charge is 0.0617 e. The second-order valence-electron chi connectivity index (χ2n) is 4.32. The Bertz CT molecular complexity index is 269. The third kappa shape index (κ3) is 2.17. The highest BCUT2D eigenvalue weighted by Gasteiger charge is 2.11. The topological polar surface area (TPSA) is 0 Å². The summed E-state index contributed by atoms with van der Waals surface area (Å²) >= 11 is 0. The van der Waals surface area contributed by atoms with Gasteiger partial charge in [-0.1, -0.05) is 45.9 Å². The van der Waals surface area contributed by atoms with Crippen LogP contribution in [0.15, 0.2) is 18.2 Å².